The molecule has 0 radical (unpaired) electrons. The Morgan fingerprint density at radius 1 is 1.21 bits per heavy atom. The smallest absolute Gasteiger partial charge is 0.455 e. The van der Waals surface area contributed by atoms with E-state index >= 15 is 0 Å². The van der Waals surface area contributed by atoms with E-state index in [-0.39, 0.29) is 35.7 Å². The Labute approximate surface area is 202 Å². The van der Waals surface area contributed by atoms with Gasteiger partial charge in [-0.1, -0.05) is 31.1 Å². The molecule has 2 heterocycles. The molecule has 4 rings (SSSR count). The molecule has 0 bridgehead atoms. The van der Waals surface area contributed by atoms with Gasteiger partial charge in [0, 0.05) is 7.05 Å². The van der Waals surface area contributed by atoms with Gasteiger partial charge in [-0.05, 0) is 92.6 Å². The van der Waals surface area contributed by atoms with Crippen LogP contribution < -0.4 is 0 Å². The van der Waals surface area contributed by atoms with Gasteiger partial charge in [-0.2, -0.15) is 0 Å². The number of phenols is 1. The van der Waals surface area contributed by atoms with Gasteiger partial charge >= 0.3 is 7.12 Å². The number of fused-ring (bicyclic) bond motifs is 3. The number of imide groups is 1. The van der Waals surface area contributed by atoms with Gasteiger partial charge in [-0.15, -0.1) is 0 Å². The first-order chi connectivity index (χ1) is 16.0. The van der Waals surface area contributed by atoms with Crippen molar-refractivity contribution in [3.63, 3.8) is 0 Å². The summed E-state index contributed by atoms with van der Waals surface area (Å²) in [5, 5.41) is 20.6. The highest BCUT2D eigenvalue weighted by molar-refractivity contribution is 6.43. The number of carbonyl (C=O) groups excluding carboxylic acids is 2. The topological polar surface area (TPSA) is 87.1 Å². The summed E-state index contributed by atoms with van der Waals surface area (Å²) in [6, 6.07) is 3.95. The van der Waals surface area contributed by atoms with Gasteiger partial charge < -0.3 is 14.8 Å². The molecular formula is C27H36BNO5. The van der Waals surface area contributed by atoms with Gasteiger partial charge in [0.2, 0.25) is 11.8 Å². The average Bonchev–Trinajstić information content (AvgIpc) is 2.99. The molecule has 2 aliphatic heterocycles. The number of rotatable bonds is 5. The predicted molar refractivity (Wildman–Crippen MR) is 133 cm³/mol. The van der Waals surface area contributed by atoms with Crippen LogP contribution in [-0.2, 0) is 14.2 Å². The number of carbonyl (C=O) groups is 2. The van der Waals surface area contributed by atoms with Crippen LogP contribution in [0.25, 0.3) is 6.08 Å². The summed E-state index contributed by atoms with van der Waals surface area (Å²) >= 11 is 0. The minimum atomic E-state index is -0.939. The van der Waals surface area contributed by atoms with Gasteiger partial charge in [0.25, 0.3) is 0 Å². The molecule has 1 aromatic rings. The second kappa shape index (κ2) is 9.35. The molecule has 1 aromatic carbocycles. The van der Waals surface area contributed by atoms with Crippen LogP contribution in [0, 0.1) is 37.5 Å². The summed E-state index contributed by atoms with van der Waals surface area (Å²) in [5.41, 5.74) is 6.29. The van der Waals surface area contributed by atoms with Crippen molar-refractivity contribution in [1.29, 1.82) is 0 Å². The highest BCUT2D eigenvalue weighted by atomic mass is 16.5. The highest BCUT2D eigenvalue weighted by Gasteiger charge is 2.56. The lowest BCUT2D eigenvalue weighted by Gasteiger charge is -2.44. The van der Waals surface area contributed by atoms with Crippen LogP contribution in [0.15, 0.2) is 28.9 Å². The molecule has 0 saturated carbocycles. The Balaban J connectivity index is 1.61. The van der Waals surface area contributed by atoms with E-state index in [4.69, 9.17) is 4.65 Å². The second-order valence-corrected chi connectivity index (χ2v) is 10.7. The first kappa shape index (κ1) is 24.7. The Morgan fingerprint density at radius 3 is 2.47 bits per heavy atom. The maximum atomic E-state index is 13.0. The molecule has 182 valence electrons. The van der Waals surface area contributed by atoms with E-state index in [9.17, 15) is 19.7 Å². The molecule has 0 unspecified atom stereocenters. The predicted octanol–water partition coefficient (Wildman–Crippen LogP) is 4.28. The Hall–Kier alpha value is -2.38. The van der Waals surface area contributed by atoms with E-state index in [2.05, 4.69) is 26.8 Å². The number of allylic oxidation sites excluding steroid dienone is 2. The van der Waals surface area contributed by atoms with E-state index in [1.165, 1.54) is 16.0 Å². The van der Waals surface area contributed by atoms with Crippen molar-refractivity contribution < 1.29 is 24.4 Å². The number of aromatic hydroxyl groups is 1. The standard InChI is InChI=1S/C27H36BNO5/c1-14(2)19-12-20-24(27(32)29(6)26(20)31)21-13-28(33)34-22(23(19)21)8-7-15(3)9-18-10-16(4)25(30)17(5)11-18/h9-11,14,20-22,24,30,33H,7-8,12-13H2,1-6H3/b15-9+/t20-,21+,22-,24-/m1/s1. The lowest BCUT2D eigenvalue weighted by atomic mass is 9.57. The summed E-state index contributed by atoms with van der Waals surface area (Å²) < 4.78 is 6.06. The Morgan fingerprint density at radius 2 is 1.85 bits per heavy atom. The van der Waals surface area contributed by atoms with Crippen LogP contribution >= 0.6 is 0 Å². The third-order valence-electron chi connectivity index (χ3n) is 7.89. The Bertz CT molecular complexity index is 1050. The average molecular weight is 465 g/mol. The van der Waals surface area contributed by atoms with Crippen LogP contribution in [-0.4, -0.2) is 47.1 Å². The summed E-state index contributed by atoms with van der Waals surface area (Å²) in [4.78, 5) is 27.0. The Kier molecular flexibility index (Phi) is 6.80. The lowest BCUT2D eigenvalue weighted by Crippen LogP contribution is -2.46. The van der Waals surface area contributed by atoms with Crippen LogP contribution in [0.3, 0.4) is 0 Å². The maximum Gasteiger partial charge on any atom is 0.455 e. The van der Waals surface area contributed by atoms with Crippen molar-refractivity contribution in [3.05, 3.63) is 45.5 Å². The normalized spacial score (nSPS) is 27.6. The van der Waals surface area contributed by atoms with Gasteiger partial charge in [0.15, 0.2) is 0 Å². The molecule has 1 aliphatic carbocycles. The van der Waals surface area contributed by atoms with Gasteiger partial charge in [0.1, 0.15) is 5.75 Å². The van der Waals surface area contributed by atoms with Gasteiger partial charge in [0.05, 0.1) is 17.9 Å². The molecule has 0 spiro atoms. The molecule has 7 heteroatoms. The fraction of sp³-hybridized carbons (Fsp3) is 0.556. The van der Waals surface area contributed by atoms with Crippen LogP contribution in [0.5, 0.6) is 5.75 Å². The van der Waals surface area contributed by atoms with E-state index in [0.717, 1.165) is 28.7 Å². The van der Waals surface area contributed by atoms with Crippen molar-refractivity contribution in [1.82, 2.24) is 4.90 Å². The molecule has 2 N–H and O–H groups in total. The molecule has 3 aliphatic rings. The van der Waals surface area contributed by atoms with Crippen molar-refractivity contribution in [2.45, 2.75) is 66.3 Å². The van der Waals surface area contributed by atoms with Crippen molar-refractivity contribution >= 4 is 25.0 Å². The molecule has 2 fully saturated rings. The number of phenolic OH excluding ortho intramolecular Hbond substituents is 1. The first-order valence-corrected chi connectivity index (χ1v) is 12.3. The molecular weight excluding hydrogens is 429 g/mol. The monoisotopic (exact) mass is 465 g/mol. The number of hydrogen-bond acceptors (Lipinski definition) is 5. The molecule has 0 aromatic heterocycles. The van der Waals surface area contributed by atoms with Gasteiger partial charge in [-0.3, -0.25) is 14.5 Å². The summed E-state index contributed by atoms with van der Waals surface area (Å²) in [6.45, 7) is 10.1. The minimum Gasteiger partial charge on any atom is -0.507 e. The number of benzene rings is 1. The molecule has 4 atom stereocenters. The van der Waals surface area contributed by atoms with Crippen LogP contribution in [0.1, 0.15) is 56.7 Å². The minimum absolute atomic E-state index is 0.0944. The molecule has 34 heavy (non-hydrogen) atoms. The first-order valence-electron chi connectivity index (χ1n) is 12.3. The van der Waals surface area contributed by atoms with Crippen molar-refractivity contribution in [2.75, 3.05) is 7.05 Å². The van der Waals surface area contributed by atoms with Crippen LogP contribution in [0.4, 0.5) is 0 Å². The number of amides is 2. The zero-order chi connectivity index (χ0) is 24.9. The number of likely N-dealkylation sites (tertiary alicyclic amines) is 1. The quantitative estimate of drug-likeness (QED) is 0.385. The number of hydrogen-bond donors (Lipinski definition) is 2. The zero-order valence-corrected chi connectivity index (χ0v) is 21.1. The number of aryl methyl sites for hydroxylation is 2. The van der Waals surface area contributed by atoms with E-state index in [1.54, 1.807) is 7.05 Å². The largest absolute Gasteiger partial charge is 0.507 e. The van der Waals surface area contributed by atoms with E-state index in [1.807, 2.05) is 26.0 Å². The third kappa shape index (κ3) is 4.36. The molecule has 6 nitrogen and oxygen atoms in total. The fourth-order valence-electron chi connectivity index (χ4n) is 6.20. The molecule has 2 amide bonds. The second-order valence-electron chi connectivity index (χ2n) is 10.7. The lowest BCUT2D eigenvalue weighted by molar-refractivity contribution is -0.138. The summed E-state index contributed by atoms with van der Waals surface area (Å²) in [5.74, 6) is -0.510. The number of nitrogens with zero attached hydrogens (tertiary/aromatic N) is 1. The van der Waals surface area contributed by atoms with Crippen molar-refractivity contribution in [3.8, 4) is 5.75 Å². The fourth-order valence-corrected chi connectivity index (χ4v) is 6.20. The summed E-state index contributed by atoms with van der Waals surface area (Å²) in [6.07, 6.45) is 4.29. The van der Waals surface area contributed by atoms with Crippen molar-refractivity contribution in [2.24, 2.45) is 23.7 Å². The molecule has 2 saturated heterocycles. The van der Waals surface area contributed by atoms with Gasteiger partial charge in [-0.25, -0.2) is 0 Å². The zero-order valence-electron chi connectivity index (χ0n) is 21.1. The maximum absolute atomic E-state index is 13.0. The van der Waals surface area contributed by atoms with Crippen LogP contribution in [0.2, 0.25) is 6.32 Å². The third-order valence-corrected chi connectivity index (χ3v) is 7.89. The van der Waals surface area contributed by atoms with E-state index < -0.39 is 13.0 Å². The SMILES string of the molecule is C/C(=C\c1cc(C)c(O)c(C)c1)CC[C@H]1OB(O)C[C@H]2C1=C(C(C)C)C[C@H]1C(=O)N(C)C(=O)[C@H]12. The summed E-state index contributed by atoms with van der Waals surface area (Å²) in [7, 11) is 0.637. The highest BCUT2D eigenvalue weighted by Crippen LogP contribution is 2.51. The van der Waals surface area contributed by atoms with E-state index in [0.29, 0.717) is 24.9 Å².